The van der Waals surface area contributed by atoms with Crippen molar-refractivity contribution in [3.63, 3.8) is 0 Å². The lowest BCUT2D eigenvalue weighted by atomic mass is 9.87. The summed E-state index contributed by atoms with van der Waals surface area (Å²) in [7, 11) is 1.75. The summed E-state index contributed by atoms with van der Waals surface area (Å²) in [5.41, 5.74) is 0. The number of rotatable bonds is 4. The number of hydrogen-bond donors (Lipinski definition) is 1. The SMILES string of the molecule is COCCNC1CCC(C)CC1. The van der Waals surface area contributed by atoms with Crippen molar-refractivity contribution in [1.82, 2.24) is 5.32 Å². The van der Waals surface area contributed by atoms with Gasteiger partial charge in [-0.05, 0) is 31.6 Å². The maximum atomic E-state index is 4.99. The Hall–Kier alpha value is -0.0800. The molecule has 1 aliphatic carbocycles. The van der Waals surface area contributed by atoms with Crippen LogP contribution in [0.25, 0.3) is 0 Å². The van der Waals surface area contributed by atoms with Gasteiger partial charge < -0.3 is 10.1 Å². The predicted molar refractivity (Wildman–Crippen MR) is 51.3 cm³/mol. The molecule has 12 heavy (non-hydrogen) atoms. The molecule has 1 fully saturated rings. The molecule has 0 aliphatic heterocycles. The smallest absolute Gasteiger partial charge is 0.0587 e. The van der Waals surface area contributed by atoms with E-state index in [0.29, 0.717) is 0 Å². The zero-order valence-electron chi connectivity index (χ0n) is 8.31. The summed E-state index contributed by atoms with van der Waals surface area (Å²) >= 11 is 0. The normalized spacial score (nSPS) is 30.5. The highest BCUT2D eigenvalue weighted by atomic mass is 16.5. The third-order valence-electron chi connectivity index (χ3n) is 2.76. The first-order valence-corrected chi connectivity index (χ1v) is 5.05. The Morgan fingerprint density at radius 3 is 2.50 bits per heavy atom. The Kier molecular flexibility index (Phi) is 4.62. The molecule has 0 amide bonds. The van der Waals surface area contributed by atoms with Crippen LogP contribution in [0.4, 0.5) is 0 Å². The van der Waals surface area contributed by atoms with Gasteiger partial charge in [-0.3, -0.25) is 0 Å². The highest BCUT2D eigenvalue weighted by Gasteiger charge is 2.16. The van der Waals surface area contributed by atoms with Gasteiger partial charge in [0, 0.05) is 19.7 Å². The summed E-state index contributed by atoms with van der Waals surface area (Å²) < 4.78 is 4.99. The summed E-state index contributed by atoms with van der Waals surface area (Å²) in [4.78, 5) is 0. The fraction of sp³-hybridized carbons (Fsp3) is 1.00. The van der Waals surface area contributed by atoms with E-state index in [0.717, 1.165) is 25.1 Å². The molecule has 0 aromatic heterocycles. The number of hydrogen-bond acceptors (Lipinski definition) is 2. The van der Waals surface area contributed by atoms with E-state index in [1.807, 2.05) is 0 Å². The van der Waals surface area contributed by atoms with Crippen LogP contribution >= 0.6 is 0 Å². The molecule has 72 valence electrons. The van der Waals surface area contributed by atoms with E-state index in [9.17, 15) is 0 Å². The van der Waals surface area contributed by atoms with Crippen molar-refractivity contribution in [3.8, 4) is 0 Å². The Balaban J connectivity index is 2.01. The molecule has 1 aliphatic rings. The zero-order valence-corrected chi connectivity index (χ0v) is 8.31. The van der Waals surface area contributed by atoms with Crippen LogP contribution in [0.3, 0.4) is 0 Å². The van der Waals surface area contributed by atoms with Gasteiger partial charge >= 0.3 is 0 Å². The first-order chi connectivity index (χ1) is 5.83. The first-order valence-electron chi connectivity index (χ1n) is 5.05. The Bertz CT molecular complexity index is 108. The molecule has 0 saturated heterocycles. The Labute approximate surface area is 75.7 Å². The minimum absolute atomic E-state index is 0.761. The van der Waals surface area contributed by atoms with Gasteiger partial charge in [0.25, 0.3) is 0 Å². The molecule has 0 radical (unpaired) electrons. The van der Waals surface area contributed by atoms with Crippen molar-refractivity contribution in [3.05, 3.63) is 0 Å². The molecule has 1 rings (SSSR count). The van der Waals surface area contributed by atoms with E-state index in [2.05, 4.69) is 12.2 Å². The summed E-state index contributed by atoms with van der Waals surface area (Å²) in [5.74, 6) is 0.950. The number of methoxy groups -OCH3 is 1. The average Bonchev–Trinajstić information content (AvgIpc) is 2.09. The monoisotopic (exact) mass is 171 g/mol. The Morgan fingerprint density at radius 2 is 1.92 bits per heavy atom. The van der Waals surface area contributed by atoms with Gasteiger partial charge in [-0.1, -0.05) is 6.92 Å². The van der Waals surface area contributed by atoms with Crippen molar-refractivity contribution in [2.24, 2.45) is 5.92 Å². The largest absolute Gasteiger partial charge is 0.383 e. The summed E-state index contributed by atoms with van der Waals surface area (Å²) in [6.45, 7) is 4.20. The van der Waals surface area contributed by atoms with Crippen molar-refractivity contribution in [2.75, 3.05) is 20.3 Å². The van der Waals surface area contributed by atoms with Gasteiger partial charge in [-0.2, -0.15) is 0 Å². The molecule has 0 bridgehead atoms. The summed E-state index contributed by atoms with van der Waals surface area (Å²) in [6, 6.07) is 0.761. The second kappa shape index (κ2) is 5.55. The molecule has 0 atom stereocenters. The van der Waals surface area contributed by atoms with Crippen LogP contribution in [0.2, 0.25) is 0 Å². The van der Waals surface area contributed by atoms with Crippen molar-refractivity contribution in [1.29, 1.82) is 0 Å². The van der Waals surface area contributed by atoms with E-state index in [-0.39, 0.29) is 0 Å². The third kappa shape index (κ3) is 3.55. The average molecular weight is 171 g/mol. The third-order valence-corrected chi connectivity index (χ3v) is 2.76. The van der Waals surface area contributed by atoms with E-state index < -0.39 is 0 Å². The lowest BCUT2D eigenvalue weighted by molar-refractivity contribution is 0.189. The zero-order chi connectivity index (χ0) is 8.81. The first kappa shape index (κ1) is 10.0. The van der Waals surface area contributed by atoms with Crippen molar-refractivity contribution < 1.29 is 4.74 Å². The van der Waals surface area contributed by atoms with Gasteiger partial charge in [0.05, 0.1) is 6.61 Å². The fourth-order valence-electron chi connectivity index (χ4n) is 1.83. The van der Waals surface area contributed by atoms with Crippen molar-refractivity contribution >= 4 is 0 Å². The van der Waals surface area contributed by atoms with Gasteiger partial charge in [0.15, 0.2) is 0 Å². The standard InChI is InChI=1S/C10H21NO/c1-9-3-5-10(6-4-9)11-7-8-12-2/h9-11H,3-8H2,1-2H3. The minimum Gasteiger partial charge on any atom is -0.383 e. The Morgan fingerprint density at radius 1 is 1.25 bits per heavy atom. The molecule has 0 spiro atoms. The van der Waals surface area contributed by atoms with Crippen LogP contribution < -0.4 is 5.32 Å². The lowest BCUT2D eigenvalue weighted by Gasteiger charge is -2.26. The van der Waals surface area contributed by atoms with E-state index in [4.69, 9.17) is 4.74 Å². The lowest BCUT2D eigenvalue weighted by Crippen LogP contribution is -2.34. The molecular formula is C10H21NO. The van der Waals surface area contributed by atoms with E-state index in [1.165, 1.54) is 25.7 Å². The summed E-state index contributed by atoms with van der Waals surface area (Å²) in [6.07, 6.45) is 5.49. The van der Waals surface area contributed by atoms with Crippen LogP contribution in [0.5, 0.6) is 0 Å². The number of ether oxygens (including phenoxy) is 1. The summed E-state index contributed by atoms with van der Waals surface area (Å²) in [5, 5.41) is 3.52. The second-order valence-electron chi connectivity index (χ2n) is 3.90. The minimum atomic E-state index is 0.761. The van der Waals surface area contributed by atoms with E-state index >= 15 is 0 Å². The topological polar surface area (TPSA) is 21.3 Å². The van der Waals surface area contributed by atoms with Crippen LogP contribution in [-0.2, 0) is 4.74 Å². The van der Waals surface area contributed by atoms with Crippen LogP contribution in [0.15, 0.2) is 0 Å². The van der Waals surface area contributed by atoms with Gasteiger partial charge in [-0.25, -0.2) is 0 Å². The second-order valence-corrected chi connectivity index (χ2v) is 3.90. The molecule has 1 N–H and O–H groups in total. The molecule has 0 aromatic carbocycles. The number of nitrogens with one attached hydrogen (secondary N) is 1. The van der Waals surface area contributed by atoms with E-state index in [1.54, 1.807) is 7.11 Å². The molecule has 0 aromatic rings. The molecule has 1 saturated carbocycles. The molecule has 2 heteroatoms. The quantitative estimate of drug-likeness (QED) is 0.651. The molecule has 2 nitrogen and oxygen atoms in total. The van der Waals surface area contributed by atoms with Crippen molar-refractivity contribution in [2.45, 2.75) is 38.6 Å². The van der Waals surface area contributed by atoms with Crippen LogP contribution in [0.1, 0.15) is 32.6 Å². The fourth-order valence-corrected chi connectivity index (χ4v) is 1.83. The highest BCUT2D eigenvalue weighted by molar-refractivity contribution is 4.74. The predicted octanol–water partition coefficient (Wildman–Crippen LogP) is 1.80. The van der Waals surface area contributed by atoms with Gasteiger partial charge in [0.2, 0.25) is 0 Å². The maximum absolute atomic E-state index is 4.99. The van der Waals surface area contributed by atoms with Gasteiger partial charge in [-0.15, -0.1) is 0 Å². The van der Waals surface area contributed by atoms with Crippen LogP contribution in [-0.4, -0.2) is 26.3 Å². The van der Waals surface area contributed by atoms with Crippen LogP contribution in [0, 0.1) is 5.92 Å². The molecule has 0 unspecified atom stereocenters. The molecular weight excluding hydrogens is 150 g/mol. The highest BCUT2D eigenvalue weighted by Crippen LogP contribution is 2.23. The van der Waals surface area contributed by atoms with Gasteiger partial charge in [0.1, 0.15) is 0 Å². The maximum Gasteiger partial charge on any atom is 0.0587 e. The molecule has 0 heterocycles.